The van der Waals surface area contributed by atoms with E-state index in [0.29, 0.717) is 18.9 Å². The van der Waals surface area contributed by atoms with E-state index in [9.17, 15) is 27.2 Å². The molecule has 2 bridgehead atoms. The Morgan fingerprint density at radius 1 is 0.872 bits per heavy atom. The van der Waals surface area contributed by atoms with Crippen molar-refractivity contribution in [1.82, 2.24) is 4.90 Å². The third-order valence-corrected chi connectivity index (χ3v) is 8.45. The summed E-state index contributed by atoms with van der Waals surface area (Å²) in [5.74, 6) is -1.94. The standard InChI is InChI=1S/C31H27F4NO3/c32-28-12-9-18(13-27(28)31(33,34)35)14-29(37)19-15-20-10-11-21(16-19)36(20)30(38)39-17-26-24-7-3-1-5-22(24)23-6-2-4-8-25(23)26/h1-9,12-13,19-21,26H,10-11,14-17H2. The molecule has 0 radical (unpaired) electrons. The van der Waals surface area contributed by atoms with Crippen molar-refractivity contribution in [2.45, 2.75) is 56.3 Å². The lowest BCUT2D eigenvalue weighted by Crippen LogP contribution is -2.48. The van der Waals surface area contributed by atoms with Gasteiger partial charge in [-0.2, -0.15) is 13.2 Å². The molecule has 202 valence electrons. The predicted octanol–water partition coefficient (Wildman–Crippen LogP) is 7.15. The lowest BCUT2D eigenvalue weighted by atomic mass is 9.85. The Labute approximate surface area is 223 Å². The zero-order valence-corrected chi connectivity index (χ0v) is 21.1. The number of alkyl halides is 3. The summed E-state index contributed by atoms with van der Waals surface area (Å²) in [6.07, 6.45) is -2.99. The molecule has 2 saturated heterocycles. The van der Waals surface area contributed by atoms with Gasteiger partial charge in [0.2, 0.25) is 0 Å². The second-order valence-electron chi connectivity index (χ2n) is 10.7. The number of halogens is 4. The number of carbonyl (C=O) groups excluding carboxylic acids is 2. The fraction of sp³-hybridized carbons (Fsp3) is 0.355. The Morgan fingerprint density at radius 2 is 1.46 bits per heavy atom. The number of Topliss-reactive ketones (excluding diaryl/α,β-unsaturated/α-hetero) is 1. The highest BCUT2D eigenvalue weighted by Crippen LogP contribution is 2.45. The minimum Gasteiger partial charge on any atom is -0.448 e. The molecular formula is C31H27F4NO3. The van der Waals surface area contributed by atoms with Gasteiger partial charge >= 0.3 is 12.3 Å². The number of rotatable bonds is 5. The maximum atomic E-state index is 13.6. The van der Waals surface area contributed by atoms with E-state index in [4.69, 9.17) is 4.74 Å². The Morgan fingerprint density at radius 3 is 2.05 bits per heavy atom. The molecule has 0 aromatic heterocycles. The third-order valence-electron chi connectivity index (χ3n) is 8.45. The van der Waals surface area contributed by atoms with Crippen LogP contribution in [0.25, 0.3) is 11.1 Å². The largest absolute Gasteiger partial charge is 0.448 e. The smallest absolute Gasteiger partial charge is 0.419 e. The van der Waals surface area contributed by atoms with E-state index in [-0.39, 0.29) is 54.4 Å². The molecule has 2 unspecified atom stereocenters. The number of benzene rings is 3. The highest BCUT2D eigenvalue weighted by Gasteiger charge is 2.46. The number of piperidine rings is 1. The van der Waals surface area contributed by atoms with Gasteiger partial charge in [0.05, 0.1) is 5.56 Å². The molecule has 1 aliphatic carbocycles. The zero-order chi connectivity index (χ0) is 27.3. The molecule has 3 aromatic rings. The van der Waals surface area contributed by atoms with E-state index < -0.39 is 17.6 Å². The molecular weight excluding hydrogens is 510 g/mol. The molecule has 2 atom stereocenters. The Bertz CT molecular complexity index is 1380. The van der Waals surface area contributed by atoms with Gasteiger partial charge in [-0.05, 0) is 65.6 Å². The molecule has 2 heterocycles. The van der Waals surface area contributed by atoms with Gasteiger partial charge < -0.3 is 9.64 Å². The Balaban J connectivity index is 1.10. The van der Waals surface area contributed by atoms with Crippen LogP contribution in [0.5, 0.6) is 0 Å². The number of nitrogens with zero attached hydrogens (tertiary/aromatic N) is 1. The van der Waals surface area contributed by atoms with Crippen LogP contribution in [0.1, 0.15) is 53.9 Å². The highest BCUT2D eigenvalue weighted by atomic mass is 19.4. The van der Waals surface area contributed by atoms with Crippen LogP contribution in [0.15, 0.2) is 66.7 Å². The second kappa shape index (κ2) is 9.81. The highest BCUT2D eigenvalue weighted by molar-refractivity contribution is 5.84. The van der Waals surface area contributed by atoms with Gasteiger partial charge in [-0.15, -0.1) is 0 Å². The molecule has 1 amide bonds. The molecule has 0 N–H and O–H groups in total. The quantitative estimate of drug-likeness (QED) is 0.325. The van der Waals surface area contributed by atoms with Crippen LogP contribution >= 0.6 is 0 Å². The molecule has 39 heavy (non-hydrogen) atoms. The number of ketones is 1. The molecule has 0 saturated carbocycles. The maximum Gasteiger partial charge on any atom is 0.419 e. The minimum absolute atomic E-state index is 0.0459. The van der Waals surface area contributed by atoms with E-state index in [2.05, 4.69) is 24.3 Å². The first-order valence-corrected chi connectivity index (χ1v) is 13.2. The topological polar surface area (TPSA) is 46.6 Å². The van der Waals surface area contributed by atoms with Crippen LogP contribution in [0.4, 0.5) is 22.4 Å². The van der Waals surface area contributed by atoms with E-state index in [1.807, 2.05) is 24.3 Å². The number of fused-ring (bicyclic) bond motifs is 5. The fourth-order valence-electron chi connectivity index (χ4n) is 6.65. The number of hydrogen-bond donors (Lipinski definition) is 0. The summed E-state index contributed by atoms with van der Waals surface area (Å²) in [5, 5.41) is 0. The lowest BCUT2D eigenvalue weighted by Gasteiger charge is -2.37. The van der Waals surface area contributed by atoms with Crippen molar-refractivity contribution in [3.05, 3.63) is 94.8 Å². The lowest BCUT2D eigenvalue weighted by molar-refractivity contribution is -0.140. The molecule has 2 fully saturated rings. The van der Waals surface area contributed by atoms with Crippen LogP contribution < -0.4 is 0 Å². The first-order valence-electron chi connectivity index (χ1n) is 13.2. The molecule has 8 heteroatoms. The summed E-state index contributed by atoms with van der Waals surface area (Å²) in [6, 6.07) is 18.7. The minimum atomic E-state index is -4.82. The van der Waals surface area contributed by atoms with E-state index in [1.54, 1.807) is 4.90 Å². The molecule has 3 aliphatic rings. The number of amides is 1. The summed E-state index contributed by atoms with van der Waals surface area (Å²) in [5.41, 5.74) is 3.34. The Kier molecular flexibility index (Phi) is 6.44. The number of ether oxygens (including phenoxy) is 1. The summed E-state index contributed by atoms with van der Waals surface area (Å²) in [6.45, 7) is 0.220. The first-order chi connectivity index (χ1) is 18.7. The van der Waals surface area contributed by atoms with E-state index in [1.165, 1.54) is 6.07 Å². The normalized spacial score (nSPS) is 21.9. The van der Waals surface area contributed by atoms with Gasteiger partial charge in [-0.25, -0.2) is 9.18 Å². The average Bonchev–Trinajstić information content (AvgIpc) is 3.38. The van der Waals surface area contributed by atoms with Crippen molar-refractivity contribution in [3.63, 3.8) is 0 Å². The van der Waals surface area contributed by atoms with Gasteiger partial charge in [0, 0.05) is 30.3 Å². The molecule has 4 nitrogen and oxygen atoms in total. The summed E-state index contributed by atoms with van der Waals surface area (Å²) in [4.78, 5) is 28.0. The van der Waals surface area contributed by atoms with Crippen LogP contribution in [-0.4, -0.2) is 35.5 Å². The van der Waals surface area contributed by atoms with Gasteiger partial charge in [-0.3, -0.25) is 4.79 Å². The molecule has 6 rings (SSSR count). The summed E-state index contributed by atoms with van der Waals surface area (Å²) >= 11 is 0. The SMILES string of the molecule is O=C(Cc1ccc(F)c(C(F)(F)F)c1)C1CC2CCC(C1)N2C(=O)OCC1c2ccccc2-c2ccccc21. The van der Waals surface area contributed by atoms with E-state index >= 15 is 0 Å². The van der Waals surface area contributed by atoms with Crippen molar-refractivity contribution in [1.29, 1.82) is 0 Å². The van der Waals surface area contributed by atoms with Crippen molar-refractivity contribution < 1.29 is 31.9 Å². The third kappa shape index (κ3) is 4.70. The van der Waals surface area contributed by atoms with Gasteiger partial charge in [0.1, 0.15) is 18.2 Å². The summed E-state index contributed by atoms with van der Waals surface area (Å²) in [7, 11) is 0. The van der Waals surface area contributed by atoms with Crippen LogP contribution in [-0.2, 0) is 22.1 Å². The molecule has 2 aliphatic heterocycles. The average molecular weight is 538 g/mol. The summed E-state index contributed by atoms with van der Waals surface area (Å²) < 4.78 is 58.8. The number of hydrogen-bond acceptors (Lipinski definition) is 3. The number of carbonyl (C=O) groups is 2. The monoisotopic (exact) mass is 537 g/mol. The van der Waals surface area contributed by atoms with Gasteiger partial charge in [0.15, 0.2) is 0 Å². The van der Waals surface area contributed by atoms with Crippen molar-refractivity contribution in [2.24, 2.45) is 5.92 Å². The second-order valence-corrected chi connectivity index (χ2v) is 10.7. The predicted molar refractivity (Wildman–Crippen MR) is 137 cm³/mol. The Hall–Kier alpha value is -3.68. The fourth-order valence-corrected chi connectivity index (χ4v) is 6.65. The van der Waals surface area contributed by atoms with Crippen molar-refractivity contribution >= 4 is 11.9 Å². The van der Waals surface area contributed by atoms with Crippen molar-refractivity contribution in [2.75, 3.05) is 6.61 Å². The molecule has 0 spiro atoms. The van der Waals surface area contributed by atoms with Gasteiger partial charge in [-0.1, -0.05) is 54.6 Å². The van der Waals surface area contributed by atoms with E-state index in [0.717, 1.165) is 41.2 Å². The maximum absolute atomic E-state index is 13.6. The first kappa shape index (κ1) is 25.6. The van der Waals surface area contributed by atoms with Gasteiger partial charge in [0.25, 0.3) is 0 Å². The zero-order valence-electron chi connectivity index (χ0n) is 21.1. The van der Waals surface area contributed by atoms with Crippen LogP contribution in [0.2, 0.25) is 0 Å². The molecule has 3 aromatic carbocycles. The van der Waals surface area contributed by atoms with Crippen molar-refractivity contribution in [3.8, 4) is 11.1 Å². The van der Waals surface area contributed by atoms with Crippen LogP contribution in [0.3, 0.4) is 0 Å². The van der Waals surface area contributed by atoms with Crippen LogP contribution in [0, 0.1) is 11.7 Å².